The average Bonchev–Trinajstić information content (AvgIpc) is 3.33. The molecule has 0 fully saturated rings. The lowest BCUT2D eigenvalue weighted by atomic mass is 10.0. The standard InChI is InChI=1S/C62H121N2O6P/c1-6-8-10-12-14-16-18-20-22-24-26-28-29-30-31-32-33-34-35-36-38-40-42-44-46-48-50-52-54-56-62(66)63-60(59-70-71(67,68)69-58-57-64(3,4)5)61(65)55-53-51-49-47-45-43-41-39-37-27-25-23-21-19-17-15-13-11-9-7-2/h26,28,30-31,53,55,60-61,65H,6-25,27,29,32-52,54,56-59H2,1-5H3,(H-,63,66,67,68)/b28-26-,31-30-,55-53+. The van der Waals surface area contributed by atoms with Crippen molar-refractivity contribution in [3.8, 4) is 0 Å². The highest BCUT2D eigenvalue weighted by Gasteiger charge is 2.23. The smallest absolute Gasteiger partial charge is 0.268 e. The molecule has 0 saturated heterocycles. The number of nitrogens with one attached hydrogen (secondary N) is 1. The molecule has 0 aromatic carbocycles. The summed E-state index contributed by atoms with van der Waals surface area (Å²) in [5.41, 5.74) is 0. The third-order valence-electron chi connectivity index (χ3n) is 14.1. The largest absolute Gasteiger partial charge is 0.756 e. The number of likely N-dealkylation sites (N-methyl/N-ethyl adjacent to an activating group) is 1. The maximum absolute atomic E-state index is 13.0. The number of unbranched alkanes of at least 4 members (excludes halogenated alkanes) is 40. The molecule has 0 rings (SSSR count). The topological polar surface area (TPSA) is 108 Å². The van der Waals surface area contributed by atoms with Crippen molar-refractivity contribution in [3.05, 3.63) is 36.5 Å². The van der Waals surface area contributed by atoms with E-state index in [-0.39, 0.29) is 19.1 Å². The quantitative estimate of drug-likeness (QED) is 0.0272. The Hall–Kier alpha value is -1.28. The minimum atomic E-state index is -4.60. The van der Waals surface area contributed by atoms with E-state index in [1.807, 2.05) is 27.2 Å². The summed E-state index contributed by atoms with van der Waals surface area (Å²) in [5.74, 6) is -0.194. The van der Waals surface area contributed by atoms with Crippen LogP contribution < -0.4 is 10.2 Å². The second-order valence-electron chi connectivity index (χ2n) is 22.4. The lowest BCUT2D eigenvalue weighted by Crippen LogP contribution is -2.45. The van der Waals surface area contributed by atoms with Crippen LogP contribution in [0.15, 0.2) is 36.5 Å². The van der Waals surface area contributed by atoms with Crippen molar-refractivity contribution >= 4 is 13.7 Å². The van der Waals surface area contributed by atoms with Crippen LogP contribution in [-0.4, -0.2) is 68.5 Å². The van der Waals surface area contributed by atoms with Gasteiger partial charge in [-0.1, -0.05) is 281 Å². The third kappa shape index (κ3) is 56.3. The van der Waals surface area contributed by atoms with E-state index in [9.17, 15) is 19.4 Å². The fourth-order valence-corrected chi connectivity index (χ4v) is 9.97. The maximum Gasteiger partial charge on any atom is 0.268 e. The van der Waals surface area contributed by atoms with Crippen LogP contribution in [0.2, 0.25) is 0 Å². The van der Waals surface area contributed by atoms with Crippen LogP contribution in [0, 0.1) is 0 Å². The van der Waals surface area contributed by atoms with Gasteiger partial charge in [-0.15, -0.1) is 0 Å². The average molecular weight is 1020 g/mol. The van der Waals surface area contributed by atoms with E-state index in [1.54, 1.807) is 6.08 Å². The summed E-state index contributed by atoms with van der Waals surface area (Å²) in [6.07, 6.45) is 69.4. The van der Waals surface area contributed by atoms with Crippen molar-refractivity contribution in [1.29, 1.82) is 0 Å². The Morgan fingerprint density at radius 1 is 0.493 bits per heavy atom. The monoisotopic (exact) mass is 1020 g/mol. The summed E-state index contributed by atoms with van der Waals surface area (Å²) >= 11 is 0. The van der Waals surface area contributed by atoms with Gasteiger partial charge in [-0.2, -0.15) is 0 Å². The molecular formula is C62H121N2O6P. The molecule has 0 aromatic rings. The highest BCUT2D eigenvalue weighted by atomic mass is 31.2. The zero-order valence-electron chi connectivity index (χ0n) is 47.9. The van der Waals surface area contributed by atoms with E-state index in [0.717, 1.165) is 44.9 Å². The van der Waals surface area contributed by atoms with Gasteiger partial charge in [0.05, 0.1) is 39.9 Å². The number of nitrogens with zero attached hydrogens (tertiary/aromatic N) is 1. The molecule has 0 aliphatic rings. The SMILES string of the molecule is CCCCCCCCCCC/C=C\C/C=C\CCCCCCCCCCCCCCCC(=O)NC(COP(=O)([O-])OCC[N+](C)(C)C)C(O)/C=C/CCCCCCCCCCCCCCCCCCCC. The molecule has 0 aromatic heterocycles. The second kappa shape index (κ2) is 53.5. The van der Waals surface area contributed by atoms with Crippen LogP contribution >= 0.6 is 7.82 Å². The number of allylic oxidation sites excluding steroid dienone is 5. The minimum absolute atomic E-state index is 0.000185. The van der Waals surface area contributed by atoms with E-state index < -0.39 is 20.0 Å². The number of phosphoric acid groups is 1. The van der Waals surface area contributed by atoms with Crippen molar-refractivity contribution in [3.63, 3.8) is 0 Å². The molecule has 0 saturated carbocycles. The molecule has 0 heterocycles. The van der Waals surface area contributed by atoms with Crippen molar-refractivity contribution in [2.24, 2.45) is 0 Å². The Balaban J connectivity index is 4.13. The van der Waals surface area contributed by atoms with Gasteiger partial charge in [-0.25, -0.2) is 0 Å². The summed E-state index contributed by atoms with van der Waals surface area (Å²) in [7, 11) is 1.27. The zero-order chi connectivity index (χ0) is 52.0. The Morgan fingerprint density at radius 2 is 0.817 bits per heavy atom. The predicted molar refractivity (Wildman–Crippen MR) is 307 cm³/mol. The first kappa shape index (κ1) is 69.7. The number of aliphatic hydroxyl groups excluding tert-OH is 1. The molecule has 0 aliphatic heterocycles. The molecule has 0 aliphatic carbocycles. The van der Waals surface area contributed by atoms with Crippen LogP contribution in [0.4, 0.5) is 0 Å². The van der Waals surface area contributed by atoms with E-state index in [4.69, 9.17) is 9.05 Å². The number of carbonyl (C=O) groups is 1. The number of carbonyl (C=O) groups excluding carboxylic acids is 1. The highest BCUT2D eigenvalue weighted by molar-refractivity contribution is 7.45. The summed E-state index contributed by atoms with van der Waals surface area (Å²) in [4.78, 5) is 25.5. The first-order valence-corrected chi connectivity index (χ1v) is 32.3. The predicted octanol–water partition coefficient (Wildman–Crippen LogP) is 18.3. The number of rotatable bonds is 57. The van der Waals surface area contributed by atoms with E-state index in [1.165, 1.54) is 238 Å². The van der Waals surface area contributed by atoms with Crippen molar-refractivity contribution in [1.82, 2.24) is 5.32 Å². The van der Waals surface area contributed by atoms with E-state index in [2.05, 4.69) is 43.5 Å². The lowest BCUT2D eigenvalue weighted by Gasteiger charge is -2.29. The van der Waals surface area contributed by atoms with Gasteiger partial charge in [-0.05, 0) is 51.4 Å². The molecule has 420 valence electrons. The number of phosphoric ester groups is 1. The zero-order valence-corrected chi connectivity index (χ0v) is 48.8. The number of amides is 1. The van der Waals surface area contributed by atoms with Crippen LogP contribution in [0.25, 0.3) is 0 Å². The molecule has 0 bridgehead atoms. The van der Waals surface area contributed by atoms with Crippen molar-refractivity contribution in [2.45, 2.75) is 315 Å². The van der Waals surface area contributed by atoms with Gasteiger partial charge in [0.25, 0.3) is 7.82 Å². The number of hydrogen-bond acceptors (Lipinski definition) is 6. The highest BCUT2D eigenvalue weighted by Crippen LogP contribution is 2.38. The molecule has 0 spiro atoms. The summed E-state index contributed by atoms with van der Waals surface area (Å²) < 4.78 is 23.4. The molecule has 71 heavy (non-hydrogen) atoms. The molecule has 2 N–H and O–H groups in total. The van der Waals surface area contributed by atoms with Gasteiger partial charge in [0.1, 0.15) is 13.2 Å². The maximum atomic E-state index is 13.0. The fraction of sp³-hybridized carbons (Fsp3) is 0.887. The molecule has 3 atom stereocenters. The summed E-state index contributed by atoms with van der Waals surface area (Å²) in [6.45, 7) is 4.69. The number of aliphatic hydroxyl groups is 1. The van der Waals surface area contributed by atoms with E-state index >= 15 is 0 Å². The van der Waals surface area contributed by atoms with Crippen LogP contribution in [-0.2, 0) is 18.4 Å². The molecule has 9 heteroatoms. The van der Waals surface area contributed by atoms with Gasteiger partial charge in [-0.3, -0.25) is 9.36 Å². The lowest BCUT2D eigenvalue weighted by molar-refractivity contribution is -0.870. The van der Waals surface area contributed by atoms with Gasteiger partial charge < -0.3 is 28.8 Å². The van der Waals surface area contributed by atoms with E-state index in [0.29, 0.717) is 17.4 Å². The Morgan fingerprint density at radius 3 is 1.17 bits per heavy atom. The van der Waals surface area contributed by atoms with Crippen LogP contribution in [0.3, 0.4) is 0 Å². The Bertz CT molecular complexity index is 1250. The second-order valence-corrected chi connectivity index (χ2v) is 23.8. The molecule has 1 amide bonds. The molecule has 3 unspecified atom stereocenters. The fourth-order valence-electron chi connectivity index (χ4n) is 9.25. The normalized spacial score (nSPS) is 14.1. The first-order chi connectivity index (χ1) is 34.5. The summed E-state index contributed by atoms with van der Waals surface area (Å²) in [5, 5.41) is 13.9. The van der Waals surface area contributed by atoms with Crippen LogP contribution in [0.5, 0.6) is 0 Å². The van der Waals surface area contributed by atoms with Gasteiger partial charge >= 0.3 is 0 Å². The minimum Gasteiger partial charge on any atom is -0.756 e. The Kier molecular flexibility index (Phi) is 52.6. The van der Waals surface area contributed by atoms with Gasteiger partial charge in [0.2, 0.25) is 5.91 Å². The van der Waals surface area contributed by atoms with Crippen LogP contribution in [0.1, 0.15) is 303 Å². The van der Waals surface area contributed by atoms with Gasteiger partial charge in [0, 0.05) is 6.42 Å². The Labute approximate surface area is 442 Å². The molecule has 8 nitrogen and oxygen atoms in total. The molecule has 0 radical (unpaired) electrons. The first-order valence-electron chi connectivity index (χ1n) is 30.9. The van der Waals surface area contributed by atoms with Crippen molar-refractivity contribution < 1.29 is 32.9 Å². The number of hydrogen-bond donors (Lipinski definition) is 2. The van der Waals surface area contributed by atoms with Gasteiger partial charge in [0.15, 0.2) is 0 Å². The molecular weight excluding hydrogens is 900 g/mol. The third-order valence-corrected chi connectivity index (χ3v) is 15.1. The van der Waals surface area contributed by atoms with Crippen molar-refractivity contribution in [2.75, 3.05) is 40.9 Å². The summed E-state index contributed by atoms with van der Waals surface area (Å²) in [6, 6.07) is -0.887. The number of quaternary nitrogens is 1.